The molecule has 0 aromatic heterocycles. The van der Waals surface area contributed by atoms with Crippen LogP contribution < -0.4 is 15.8 Å². The zero-order valence-electron chi connectivity index (χ0n) is 7.00. The van der Waals surface area contributed by atoms with E-state index in [4.69, 9.17) is 11.6 Å². The number of alkyl halides is 1. The van der Waals surface area contributed by atoms with Gasteiger partial charge in [-0.2, -0.15) is 0 Å². The van der Waals surface area contributed by atoms with Crippen LogP contribution in [0.3, 0.4) is 0 Å². The highest BCUT2D eigenvalue weighted by Crippen LogP contribution is 1.84. The standard InChI is InChI=1S/C10H9ClN2/c11-5-10-12-6-8-3-1-2-4-9(8)7-13-10/h1-4,6-7H,5H2,(H,12,13). The van der Waals surface area contributed by atoms with Gasteiger partial charge in [-0.15, -0.1) is 11.6 Å². The summed E-state index contributed by atoms with van der Waals surface area (Å²) < 4.78 is 0. The van der Waals surface area contributed by atoms with E-state index in [0.717, 1.165) is 16.3 Å². The van der Waals surface area contributed by atoms with Crippen molar-refractivity contribution in [1.82, 2.24) is 5.32 Å². The van der Waals surface area contributed by atoms with Crippen LogP contribution >= 0.6 is 11.6 Å². The summed E-state index contributed by atoms with van der Waals surface area (Å²) in [5.74, 6) is 1.18. The van der Waals surface area contributed by atoms with Crippen LogP contribution in [0, 0.1) is 0 Å². The van der Waals surface area contributed by atoms with Gasteiger partial charge in [0, 0.05) is 17.6 Å². The van der Waals surface area contributed by atoms with Gasteiger partial charge in [0.25, 0.3) is 0 Å². The summed E-state index contributed by atoms with van der Waals surface area (Å²) in [4.78, 5) is 4.20. The van der Waals surface area contributed by atoms with Gasteiger partial charge >= 0.3 is 0 Å². The normalized spacial score (nSPS) is 14.1. The largest absolute Gasteiger partial charge is 0.349 e. The van der Waals surface area contributed by atoms with E-state index < -0.39 is 0 Å². The van der Waals surface area contributed by atoms with Gasteiger partial charge in [0.2, 0.25) is 0 Å². The number of fused-ring (bicyclic) bond motifs is 1. The molecule has 66 valence electrons. The third-order valence-electron chi connectivity index (χ3n) is 1.88. The summed E-state index contributed by atoms with van der Waals surface area (Å²) >= 11 is 5.66. The minimum absolute atomic E-state index is 0.404. The van der Waals surface area contributed by atoms with Crippen molar-refractivity contribution < 1.29 is 0 Å². The van der Waals surface area contributed by atoms with Crippen molar-refractivity contribution in [2.75, 3.05) is 5.88 Å². The number of nitrogens with zero attached hydrogens (tertiary/aromatic N) is 1. The molecule has 0 atom stereocenters. The van der Waals surface area contributed by atoms with E-state index in [1.54, 1.807) is 0 Å². The van der Waals surface area contributed by atoms with Gasteiger partial charge in [0.1, 0.15) is 5.84 Å². The van der Waals surface area contributed by atoms with Crippen LogP contribution in [-0.4, -0.2) is 11.7 Å². The summed E-state index contributed by atoms with van der Waals surface area (Å²) in [6, 6.07) is 8.04. The topological polar surface area (TPSA) is 24.4 Å². The van der Waals surface area contributed by atoms with Crippen molar-refractivity contribution in [2.24, 2.45) is 4.99 Å². The number of rotatable bonds is 1. The maximum Gasteiger partial charge on any atom is 0.120 e. The van der Waals surface area contributed by atoms with Crippen molar-refractivity contribution in [2.45, 2.75) is 0 Å². The van der Waals surface area contributed by atoms with Crippen LogP contribution in [0.25, 0.3) is 12.4 Å². The molecule has 0 aliphatic carbocycles. The van der Waals surface area contributed by atoms with Gasteiger partial charge in [-0.25, -0.2) is 4.99 Å². The molecule has 1 aliphatic heterocycles. The Morgan fingerprint density at radius 1 is 1.23 bits per heavy atom. The molecule has 1 aromatic rings. The zero-order valence-corrected chi connectivity index (χ0v) is 7.75. The number of amidine groups is 1. The number of aliphatic imine (C=N–C) groups is 1. The molecule has 0 bridgehead atoms. The van der Waals surface area contributed by atoms with E-state index >= 15 is 0 Å². The average Bonchev–Trinajstić information content (AvgIpc) is 2.39. The van der Waals surface area contributed by atoms with Gasteiger partial charge in [0.05, 0.1) is 5.88 Å². The van der Waals surface area contributed by atoms with E-state index in [-0.39, 0.29) is 0 Å². The molecule has 0 spiro atoms. The number of hydrogen-bond donors (Lipinski definition) is 1. The van der Waals surface area contributed by atoms with Crippen LogP contribution in [-0.2, 0) is 0 Å². The second kappa shape index (κ2) is 3.62. The molecule has 0 amide bonds. The minimum Gasteiger partial charge on any atom is -0.349 e. The average molecular weight is 193 g/mol. The van der Waals surface area contributed by atoms with E-state index in [0.29, 0.717) is 5.88 Å². The smallest absolute Gasteiger partial charge is 0.120 e. The maximum absolute atomic E-state index is 5.66. The van der Waals surface area contributed by atoms with Crippen LogP contribution in [0.1, 0.15) is 0 Å². The molecule has 0 unspecified atom stereocenters. The SMILES string of the molecule is ClCC1=NC=c2ccccc2=CN1. The number of halogens is 1. The first-order valence-electron chi connectivity index (χ1n) is 4.05. The Bertz CT molecular complexity index is 448. The van der Waals surface area contributed by atoms with Gasteiger partial charge in [-0.05, 0) is 5.22 Å². The van der Waals surface area contributed by atoms with E-state index in [1.807, 2.05) is 36.7 Å². The second-order valence-electron chi connectivity index (χ2n) is 2.76. The lowest BCUT2D eigenvalue weighted by atomic mass is 10.2. The highest BCUT2D eigenvalue weighted by atomic mass is 35.5. The summed E-state index contributed by atoms with van der Waals surface area (Å²) in [6.07, 6.45) is 3.74. The summed E-state index contributed by atoms with van der Waals surface area (Å²) in [5.41, 5.74) is 0. The molecule has 1 aliphatic rings. The Kier molecular flexibility index (Phi) is 2.32. The molecule has 13 heavy (non-hydrogen) atoms. The Labute approximate surface area is 81.3 Å². The molecule has 0 saturated carbocycles. The molecule has 3 heteroatoms. The van der Waals surface area contributed by atoms with Crippen molar-refractivity contribution in [3.05, 3.63) is 34.7 Å². The molecule has 1 heterocycles. The first-order valence-corrected chi connectivity index (χ1v) is 4.58. The molecule has 2 rings (SSSR count). The Morgan fingerprint density at radius 3 is 2.77 bits per heavy atom. The van der Waals surface area contributed by atoms with Gasteiger partial charge < -0.3 is 5.32 Å². The van der Waals surface area contributed by atoms with Gasteiger partial charge in [-0.3, -0.25) is 0 Å². The number of hydrogen-bond acceptors (Lipinski definition) is 2. The molecule has 1 N–H and O–H groups in total. The Morgan fingerprint density at radius 2 is 2.00 bits per heavy atom. The van der Waals surface area contributed by atoms with Crippen LogP contribution in [0.15, 0.2) is 29.3 Å². The monoisotopic (exact) mass is 192 g/mol. The highest BCUT2D eigenvalue weighted by molar-refractivity contribution is 6.28. The quantitative estimate of drug-likeness (QED) is 0.641. The van der Waals surface area contributed by atoms with Crippen molar-refractivity contribution in [3.63, 3.8) is 0 Å². The van der Waals surface area contributed by atoms with E-state index in [2.05, 4.69) is 10.3 Å². The lowest BCUT2D eigenvalue weighted by Crippen LogP contribution is -2.26. The Balaban J connectivity index is 2.58. The fourth-order valence-electron chi connectivity index (χ4n) is 1.18. The number of benzene rings is 1. The van der Waals surface area contributed by atoms with Crippen LogP contribution in [0.5, 0.6) is 0 Å². The first kappa shape index (κ1) is 8.32. The zero-order chi connectivity index (χ0) is 9.10. The number of nitrogens with one attached hydrogen (secondary N) is 1. The highest BCUT2D eigenvalue weighted by Gasteiger charge is 1.94. The van der Waals surface area contributed by atoms with Gasteiger partial charge in [-0.1, -0.05) is 24.3 Å². The molecule has 0 fully saturated rings. The fourth-order valence-corrected chi connectivity index (χ4v) is 1.32. The third kappa shape index (κ3) is 1.73. The third-order valence-corrected chi connectivity index (χ3v) is 2.13. The molecule has 0 radical (unpaired) electrons. The van der Waals surface area contributed by atoms with E-state index in [9.17, 15) is 0 Å². The van der Waals surface area contributed by atoms with E-state index in [1.165, 1.54) is 0 Å². The van der Waals surface area contributed by atoms with Crippen molar-refractivity contribution in [3.8, 4) is 0 Å². The summed E-state index contributed by atoms with van der Waals surface area (Å²) in [6.45, 7) is 0. The summed E-state index contributed by atoms with van der Waals surface area (Å²) in [5, 5.41) is 5.29. The molecular weight excluding hydrogens is 184 g/mol. The molecule has 2 nitrogen and oxygen atoms in total. The second-order valence-corrected chi connectivity index (χ2v) is 3.02. The van der Waals surface area contributed by atoms with Crippen molar-refractivity contribution >= 4 is 29.8 Å². The van der Waals surface area contributed by atoms with Crippen LogP contribution in [0.4, 0.5) is 0 Å². The molecule has 1 aromatic carbocycles. The minimum atomic E-state index is 0.404. The predicted octanol–water partition coefficient (Wildman–Crippen LogP) is 0.403. The fraction of sp³-hybridized carbons (Fsp3) is 0.100. The lowest BCUT2D eigenvalue weighted by molar-refractivity contribution is 1.33. The van der Waals surface area contributed by atoms with Crippen LogP contribution in [0.2, 0.25) is 0 Å². The first-order chi connectivity index (χ1) is 6.40. The maximum atomic E-state index is 5.66. The van der Waals surface area contributed by atoms with Crippen molar-refractivity contribution in [1.29, 1.82) is 0 Å². The van der Waals surface area contributed by atoms with Gasteiger partial charge in [0.15, 0.2) is 0 Å². The Hall–Kier alpha value is -1.28. The lowest BCUT2D eigenvalue weighted by Gasteiger charge is -1.96. The molecular formula is C10H9ClN2. The summed E-state index contributed by atoms with van der Waals surface area (Å²) in [7, 11) is 0. The molecule has 0 saturated heterocycles. The predicted molar refractivity (Wildman–Crippen MR) is 55.9 cm³/mol.